The van der Waals surface area contributed by atoms with Crippen molar-refractivity contribution in [2.45, 2.75) is 53.1 Å². The van der Waals surface area contributed by atoms with Crippen LogP contribution in [0, 0.1) is 6.92 Å². The van der Waals surface area contributed by atoms with Crippen LogP contribution >= 0.6 is 0 Å². The van der Waals surface area contributed by atoms with Gasteiger partial charge >= 0.3 is 0 Å². The molecule has 0 saturated carbocycles. The first-order valence-corrected chi connectivity index (χ1v) is 8.04. The maximum Gasteiger partial charge on any atom is 0.0596 e. The molecule has 0 bridgehead atoms. The average molecular weight is 285 g/mol. The number of benzene rings is 1. The van der Waals surface area contributed by atoms with E-state index < -0.39 is 0 Å². The third kappa shape index (κ3) is 3.73. The van der Waals surface area contributed by atoms with Crippen LogP contribution in [0.2, 0.25) is 0 Å². The van der Waals surface area contributed by atoms with Gasteiger partial charge in [-0.15, -0.1) is 0 Å². The minimum Gasteiger partial charge on any atom is -0.310 e. The highest BCUT2D eigenvalue weighted by atomic mass is 15.3. The van der Waals surface area contributed by atoms with Crippen molar-refractivity contribution in [1.82, 2.24) is 15.1 Å². The Balaban J connectivity index is 2.30. The van der Waals surface area contributed by atoms with Crippen LogP contribution < -0.4 is 5.32 Å². The highest BCUT2D eigenvalue weighted by Crippen LogP contribution is 2.23. The summed E-state index contributed by atoms with van der Waals surface area (Å²) in [7, 11) is 0. The Hall–Kier alpha value is -1.61. The molecule has 2 aromatic rings. The number of hydrogen-bond donors (Lipinski definition) is 1. The average Bonchev–Trinajstić information content (AvgIpc) is 2.86. The third-order valence-electron chi connectivity index (χ3n) is 3.96. The fourth-order valence-corrected chi connectivity index (χ4v) is 2.98. The summed E-state index contributed by atoms with van der Waals surface area (Å²) in [5.41, 5.74) is 5.27. The molecule has 0 aliphatic rings. The molecule has 1 N–H and O–H groups in total. The van der Waals surface area contributed by atoms with Crippen LogP contribution in [0.3, 0.4) is 0 Å². The summed E-state index contributed by atoms with van der Waals surface area (Å²) in [5, 5.41) is 8.21. The Bertz CT molecular complexity index is 572. The van der Waals surface area contributed by atoms with E-state index in [1.165, 1.54) is 16.8 Å². The maximum atomic E-state index is 4.57. The minimum absolute atomic E-state index is 0.354. The lowest BCUT2D eigenvalue weighted by atomic mass is 9.95. The van der Waals surface area contributed by atoms with Crippen molar-refractivity contribution in [2.75, 3.05) is 6.54 Å². The summed E-state index contributed by atoms with van der Waals surface area (Å²) in [5.74, 6) is 0. The van der Waals surface area contributed by atoms with Gasteiger partial charge in [-0.05, 0) is 44.0 Å². The van der Waals surface area contributed by atoms with E-state index in [9.17, 15) is 0 Å². The Morgan fingerprint density at radius 3 is 2.62 bits per heavy atom. The van der Waals surface area contributed by atoms with Gasteiger partial charge in [0.1, 0.15) is 0 Å². The van der Waals surface area contributed by atoms with E-state index in [-0.39, 0.29) is 0 Å². The van der Waals surface area contributed by atoms with Gasteiger partial charge < -0.3 is 5.32 Å². The lowest BCUT2D eigenvalue weighted by molar-refractivity contribution is 0.513. The van der Waals surface area contributed by atoms with Gasteiger partial charge in [-0.3, -0.25) is 4.68 Å². The number of likely N-dealkylation sites (N-methyl/N-ethyl adjacent to an activating group) is 1. The fraction of sp³-hybridized carbons (Fsp3) is 0.500. The van der Waals surface area contributed by atoms with Crippen molar-refractivity contribution in [3.63, 3.8) is 0 Å². The standard InChI is InChI=1S/C18H27N3/c1-5-15-10-8-9-11-17(15)18(19-6-2)13-16-12-14(4)20-21(16)7-3/h8-12,18-19H,5-7,13H2,1-4H3. The number of nitrogens with one attached hydrogen (secondary N) is 1. The molecule has 0 fully saturated rings. The van der Waals surface area contributed by atoms with Gasteiger partial charge in [-0.1, -0.05) is 38.1 Å². The molecule has 3 heteroatoms. The van der Waals surface area contributed by atoms with Crippen LogP contribution in [-0.2, 0) is 19.4 Å². The summed E-state index contributed by atoms with van der Waals surface area (Å²) >= 11 is 0. The van der Waals surface area contributed by atoms with Gasteiger partial charge in [0.2, 0.25) is 0 Å². The monoisotopic (exact) mass is 285 g/mol. The van der Waals surface area contributed by atoms with Gasteiger partial charge in [0.15, 0.2) is 0 Å². The molecule has 0 aliphatic carbocycles. The first-order valence-electron chi connectivity index (χ1n) is 8.04. The Morgan fingerprint density at radius 2 is 1.95 bits per heavy atom. The van der Waals surface area contributed by atoms with E-state index in [0.29, 0.717) is 6.04 Å². The Morgan fingerprint density at radius 1 is 1.19 bits per heavy atom. The zero-order valence-electron chi connectivity index (χ0n) is 13.7. The topological polar surface area (TPSA) is 29.9 Å². The van der Waals surface area contributed by atoms with Crippen molar-refractivity contribution in [3.8, 4) is 0 Å². The zero-order chi connectivity index (χ0) is 15.2. The molecule has 3 nitrogen and oxygen atoms in total. The number of nitrogens with zero attached hydrogens (tertiary/aromatic N) is 2. The molecular weight excluding hydrogens is 258 g/mol. The van der Waals surface area contributed by atoms with E-state index in [1.807, 2.05) is 0 Å². The van der Waals surface area contributed by atoms with Crippen LogP contribution in [0.4, 0.5) is 0 Å². The van der Waals surface area contributed by atoms with Crippen LogP contribution in [0.25, 0.3) is 0 Å². The molecule has 2 rings (SSSR count). The molecule has 114 valence electrons. The number of aryl methyl sites for hydroxylation is 3. The first kappa shape index (κ1) is 15.8. The molecular formula is C18H27N3. The second-order valence-electron chi connectivity index (χ2n) is 5.46. The minimum atomic E-state index is 0.354. The van der Waals surface area contributed by atoms with Crippen LogP contribution in [-0.4, -0.2) is 16.3 Å². The van der Waals surface area contributed by atoms with Gasteiger partial charge in [0, 0.05) is 24.7 Å². The van der Waals surface area contributed by atoms with E-state index in [1.54, 1.807) is 0 Å². The summed E-state index contributed by atoms with van der Waals surface area (Å²) < 4.78 is 2.12. The van der Waals surface area contributed by atoms with Gasteiger partial charge in [-0.2, -0.15) is 5.10 Å². The quantitative estimate of drug-likeness (QED) is 0.841. The largest absolute Gasteiger partial charge is 0.310 e. The Kier molecular flexibility index (Phi) is 5.57. The van der Waals surface area contributed by atoms with Crippen molar-refractivity contribution in [2.24, 2.45) is 0 Å². The van der Waals surface area contributed by atoms with Crippen molar-refractivity contribution < 1.29 is 0 Å². The molecule has 1 atom stereocenters. The summed E-state index contributed by atoms with van der Waals surface area (Å²) in [6.07, 6.45) is 2.06. The molecule has 1 aromatic heterocycles. The first-order chi connectivity index (χ1) is 10.2. The predicted molar refractivity (Wildman–Crippen MR) is 88.6 cm³/mol. The second kappa shape index (κ2) is 7.41. The lowest BCUT2D eigenvalue weighted by Crippen LogP contribution is -2.25. The molecule has 0 spiro atoms. The van der Waals surface area contributed by atoms with Crippen LogP contribution in [0.15, 0.2) is 30.3 Å². The molecule has 0 aliphatic heterocycles. The fourth-order valence-electron chi connectivity index (χ4n) is 2.98. The molecule has 1 unspecified atom stereocenters. The predicted octanol–water partition coefficient (Wildman–Crippen LogP) is 3.67. The molecule has 0 radical (unpaired) electrons. The van der Waals surface area contributed by atoms with Gasteiger partial charge in [0.25, 0.3) is 0 Å². The zero-order valence-corrected chi connectivity index (χ0v) is 13.7. The van der Waals surface area contributed by atoms with E-state index in [4.69, 9.17) is 0 Å². The van der Waals surface area contributed by atoms with Crippen molar-refractivity contribution in [1.29, 1.82) is 0 Å². The summed E-state index contributed by atoms with van der Waals surface area (Å²) in [6, 6.07) is 11.3. The van der Waals surface area contributed by atoms with E-state index in [0.717, 1.165) is 31.6 Å². The Labute approximate surface area is 128 Å². The number of rotatable bonds is 7. The molecule has 0 saturated heterocycles. The summed E-state index contributed by atoms with van der Waals surface area (Å²) in [6.45, 7) is 10.5. The van der Waals surface area contributed by atoms with Crippen LogP contribution in [0.1, 0.15) is 49.3 Å². The van der Waals surface area contributed by atoms with E-state index >= 15 is 0 Å². The van der Waals surface area contributed by atoms with Crippen molar-refractivity contribution >= 4 is 0 Å². The van der Waals surface area contributed by atoms with Crippen LogP contribution in [0.5, 0.6) is 0 Å². The lowest BCUT2D eigenvalue weighted by Gasteiger charge is -2.21. The highest BCUT2D eigenvalue weighted by Gasteiger charge is 2.16. The number of hydrogen-bond acceptors (Lipinski definition) is 2. The molecule has 21 heavy (non-hydrogen) atoms. The van der Waals surface area contributed by atoms with Crippen molar-refractivity contribution in [3.05, 3.63) is 52.8 Å². The third-order valence-corrected chi connectivity index (χ3v) is 3.96. The van der Waals surface area contributed by atoms with Gasteiger partial charge in [-0.25, -0.2) is 0 Å². The van der Waals surface area contributed by atoms with E-state index in [2.05, 4.69) is 73.1 Å². The molecule has 1 heterocycles. The second-order valence-corrected chi connectivity index (χ2v) is 5.46. The highest BCUT2D eigenvalue weighted by molar-refractivity contribution is 5.31. The summed E-state index contributed by atoms with van der Waals surface area (Å²) in [4.78, 5) is 0. The normalized spacial score (nSPS) is 12.6. The smallest absolute Gasteiger partial charge is 0.0596 e. The number of aromatic nitrogens is 2. The maximum absolute atomic E-state index is 4.57. The molecule has 1 aromatic carbocycles. The SMILES string of the molecule is CCNC(Cc1cc(C)nn1CC)c1ccccc1CC. The molecule has 0 amide bonds. The van der Waals surface area contributed by atoms with Gasteiger partial charge in [0.05, 0.1) is 5.69 Å².